The van der Waals surface area contributed by atoms with Gasteiger partial charge in [-0.05, 0) is 40.2 Å². The van der Waals surface area contributed by atoms with Crippen LogP contribution in [0.4, 0.5) is 5.69 Å². The van der Waals surface area contributed by atoms with Gasteiger partial charge in [0.2, 0.25) is 0 Å². The monoisotopic (exact) mass is 299 g/mol. The van der Waals surface area contributed by atoms with Crippen LogP contribution in [-0.2, 0) is 0 Å². The van der Waals surface area contributed by atoms with E-state index in [0.29, 0.717) is 15.4 Å². The van der Waals surface area contributed by atoms with Crippen LogP contribution in [0.25, 0.3) is 0 Å². The predicted octanol–water partition coefficient (Wildman–Crippen LogP) is 3.95. The van der Waals surface area contributed by atoms with E-state index in [9.17, 15) is 4.79 Å². The molecule has 0 fully saturated rings. The molecule has 0 atom stereocenters. The van der Waals surface area contributed by atoms with E-state index in [4.69, 9.17) is 16.0 Å². The second-order valence-corrected chi connectivity index (χ2v) is 4.23. The Morgan fingerprint density at radius 3 is 2.62 bits per heavy atom. The Kier molecular flexibility index (Phi) is 3.31. The van der Waals surface area contributed by atoms with Crippen LogP contribution in [-0.4, -0.2) is 5.91 Å². The van der Waals surface area contributed by atoms with E-state index in [2.05, 4.69) is 21.2 Å². The number of anilines is 1. The fourth-order valence-electron chi connectivity index (χ4n) is 1.18. The second kappa shape index (κ2) is 4.72. The Balaban J connectivity index is 2.17. The number of nitrogens with one attached hydrogen (secondary N) is 1. The molecule has 0 unspecified atom stereocenters. The van der Waals surface area contributed by atoms with E-state index < -0.39 is 0 Å². The minimum atomic E-state index is -0.334. The zero-order chi connectivity index (χ0) is 11.5. The van der Waals surface area contributed by atoms with Gasteiger partial charge in [-0.3, -0.25) is 4.79 Å². The molecule has 82 valence electrons. The fourth-order valence-corrected chi connectivity index (χ4v) is 1.67. The zero-order valence-corrected chi connectivity index (χ0v) is 10.4. The second-order valence-electron chi connectivity index (χ2n) is 3.04. The van der Waals surface area contributed by atoms with Crippen LogP contribution in [0.5, 0.6) is 0 Å². The highest BCUT2D eigenvalue weighted by atomic mass is 79.9. The van der Waals surface area contributed by atoms with Gasteiger partial charge in [0, 0.05) is 0 Å². The summed E-state index contributed by atoms with van der Waals surface area (Å²) in [6, 6.07) is 10.2. The average Bonchev–Trinajstić information content (AvgIpc) is 2.68. The van der Waals surface area contributed by atoms with E-state index in [1.54, 1.807) is 36.4 Å². The molecule has 0 saturated heterocycles. The maximum absolute atomic E-state index is 11.7. The highest BCUT2D eigenvalue weighted by molar-refractivity contribution is 9.10. The molecule has 0 aliphatic rings. The van der Waals surface area contributed by atoms with Gasteiger partial charge in [0.25, 0.3) is 5.91 Å². The summed E-state index contributed by atoms with van der Waals surface area (Å²) in [5.41, 5.74) is 0.557. The summed E-state index contributed by atoms with van der Waals surface area (Å²) < 4.78 is 5.63. The van der Waals surface area contributed by atoms with Crippen molar-refractivity contribution in [3.63, 3.8) is 0 Å². The summed E-state index contributed by atoms with van der Waals surface area (Å²) in [7, 11) is 0. The van der Waals surface area contributed by atoms with Gasteiger partial charge in [0.05, 0.1) is 10.7 Å². The quantitative estimate of drug-likeness (QED) is 0.912. The molecule has 1 aromatic heterocycles. The zero-order valence-electron chi connectivity index (χ0n) is 8.04. The van der Waals surface area contributed by atoms with Crippen molar-refractivity contribution in [2.24, 2.45) is 0 Å². The predicted molar refractivity (Wildman–Crippen MR) is 65.8 cm³/mol. The molecule has 1 N–H and O–H groups in total. The number of benzene rings is 1. The van der Waals surface area contributed by atoms with Gasteiger partial charge < -0.3 is 9.73 Å². The van der Waals surface area contributed by atoms with Crippen molar-refractivity contribution in [3.8, 4) is 0 Å². The molecule has 0 bridgehead atoms. The molecule has 3 nitrogen and oxygen atoms in total. The Labute approximate surface area is 106 Å². The van der Waals surface area contributed by atoms with Crippen molar-refractivity contribution in [1.82, 2.24) is 0 Å². The standard InChI is InChI=1S/C11H7BrClNO2/c12-10-6-5-9(16-10)11(15)14-8-4-2-1-3-7(8)13/h1-6H,(H,14,15). The first-order valence-electron chi connectivity index (χ1n) is 4.48. The summed E-state index contributed by atoms with van der Waals surface area (Å²) in [4.78, 5) is 11.7. The number of rotatable bonds is 2. The number of carbonyl (C=O) groups excluding carboxylic acids is 1. The lowest BCUT2D eigenvalue weighted by Crippen LogP contribution is -2.10. The molecular formula is C11H7BrClNO2. The average molecular weight is 301 g/mol. The van der Waals surface area contributed by atoms with E-state index in [-0.39, 0.29) is 11.7 Å². The molecule has 0 aliphatic carbocycles. The maximum atomic E-state index is 11.7. The highest BCUT2D eigenvalue weighted by Crippen LogP contribution is 2.22. The SMILES string of the molecule is O=C(Nc1ccccc1Cl)c1ccc(Br)o1. The number of carbonyl (C=O) groups is 1. The lowest BCUT2D eigenvalue weighted by molar-refractivity contribution is 0.0995. The number of para-hydroxylation sites is 1. The number of hydrogen-bond acceptors (Lipinski definition) is 2. The van der Waals surface area contributed by atoms with Crippen molar-refractivity contribution in [2.45, 2.75) is 0 Å². The maximum Gasteiger partial charge on any atom is 0.291 e. The largest absolute Gasteiger partial charge is 0.444 e. The van der Waals surface area contributed by atoms with Gasteiger partial charge >= 0.3 is 0 Å². The number of halogens is 2. The molecule has 0 saturated carbocycles. The molecule has 0 radical (unpaired) electrons. The lowest BCUT2D eigenvalue weighted by Gasteiger charge is -2.04. The van der Waals surface area contributed by atoms with Crippen molar-refractivity contribution >= 4 is 39.1 Å². The molecule has 1 amide bonds. The van der Waals surface area contributed by atoms with Crippen molar-refractivity contribution in [2.75, 3.05) is 5.32 Å². The van der Waals surface area contributed by atoms with Crippen molar-refractivity contribution in [1.29, 1.82) is 0 Å². The fraction of sp³-hybridized carbons (Fsp3) is 0. The van der Waals surface area contributed by atoms with Gasteiger partial charge in [-0.2, -0.15) is 0 Å². The summed E-state index contributed by atoms with van der Waals surface area (Å²) >= 11 is 9.03. The third kappa shape index (κ3) is 2.46. The summed E-state index contributed by atoms with van der Waals surface area (Å²) in [5.74, 6) is -0.106. The van der Waals surface area contributed by atoms with Crippen molar-refractivity contribution in [3.05, 3.63) is 51.9 Å². The Hall–Kier alpha value is -1.26. The minimum absolute atomic E-state index is 0.229. The molecule has 5 heteroatoms. The van der Waals surface area contributed by atoms with Gasteiger partial charge in [0.15, 0.2) is 10.4 Å². The minimum Gasteiger partial charge on any atom is -0.444 e. The molecule has 1 aromatic carbocycles. The third-order valence-corrected chi connectivity index (χ3v) is 2.67. The number of furan rings is 1. The van der Waals surface area contributed by atoms with E-state index in [1.807, 2.05) is 0 Å². The molecule has 0 aliphatic heterocycles. The van der Waals surface area contributed by atoms with Crippen LogP contribution in [0.15, 0.2) is 45.5 Å². The first-order chi connectivity index (χ1) is 7.66. The molecular weight excluding hydrogens is 293 g/mol. The van der Waals surface area contributed by atoms with E-state index >= 15 is 0 Å². The summed E-state index contributed by atoms with van der Waals surface area (Å²) in [6.07, 6.45) is 0. The topological polar surface area (TPSA) is 42.2 Å². The molecule has 16 heavy (non-hydrogen) atoms. The summed E-state index contributed by atoms with van der Waals surface area (Å²) in [6.45, 7) is 0. The Morgan fingerprint density at radius 1 is 1.25 bits per heavy atom. The normalized spacial score (nSPS) is 10.1. The van der Waals surface area contributed by atoms with Crippen LogP contribution in [0.2, 0.25) is 5.02 Å². The first kappa shape index (κ1) is 11.2. The number of amides is 1. The molecule has 2 aromatic rings. The van der Waals surface area contributed by atoms with Crippen LogP contribution < -0.4 is 5.32 Å². The number of hydrogen-bond donors (Lipinski definition) is 1. The lowest BCUT2D eigenvalue weighted by atomic mass is 10.3. The highest BCUT2D eigenvalue weighted by Gasteiger charge is 2.11. The van der Waals surface area contributed by atoms with Crippen molar-refractivity contribution < 1.29 is 9.21 Å². The summed E-state index contributed by atoms with van der Waals surface area (Å²) in [5, 5.41) is 3.14. The van der Waals surface area contributed by atoms with E-state index in [0.717, 1.165) is 0 Å². The Morgan fingerprint density at radius 2 is 2.00 bits per heavy atom. The first-order valence-corrected chi connectivity index (χ1v) is 5.65. The van der Waals surface area contributed by atoms with Gasteiger partial charge in [-0.1, -0.05) is 23.7 Å². The smallest absolute Gasteiger partial charge is 0.291 e. The van der Waals surface area contributed by atoms with Gasteiger partial charge in [-0.25, -0.2) is 0 Å². The Bertz CT molecular complexity index is 524. The van der Waals surface area contributed by atoms with Crippen LogP contribution in [0, 0.1) is 0 Å². The third-order valence-electron chi connectivity index (χ3n) is 1.92. The van der Waals surface area contributed by atoms with Crippen LogP contribution in [0.3, 0.4) is 0 Å². The molecule has 0 spiro atoms. The van der Waals surface area contributed by atoms with E-state index in [1.165, 1.54) is 0 Å². The molecule has 2 rings (SSSR count). The van der Waals surface area contributed by atoms with Gasteiger partial charge in [-0.15, -0.1) is 0 Å². The van der Waals surface area contributed by atoms with Crippen LogP contribution >= 0.6 is 27.5 Å². The van der Waals surface area contributed by atoms with Crippen LogP contribution in [0.1, 0.15) is 10.6 Å². The van der Waals surface area contributed by atoms with Gasteiger partial charge in [0.1, 0.15) is 0 Å². The molecule has 1 heterocycles.